The van der Waals surface area contributed by atoms with Gasteiger partial charge in [-0.15, -0.1) is 0 Å². The maximum atomic E-state index is 9.98. The third-order valence-corrected chi connectivity index (χ3v) is 4.86. The first kappa shape index (κ1) is 17.5. The number of hydrogen-bond acceptors (Lipinski definition) is 7. The highest BCUT2D eigenvalue weighted by Gasteiger charge is 2.13. The van der Waals surface area contributed by atoms with E-state index in [4.69, 9.17) is 20.8 Å². The van der Waals surface area contributed by atoms with Gasteiger partial charge >= 0.3 is 5.95 Å². The minimum atomic E-state index is -0.302. The molecule has 4 rings (SSSR count). The highest BCUT2D eigenvalue weighted by Crippen LogP contribution is 2.31. The molecule has 6 nitrogen and oxygen atoms in total. The lowest BCUT2D eigenvalue weighted by atomic mass is 10.2. The van der Waals surface area contributed by atoms with Gasteiger partial charge in [-0.1, -0.05) is 22.9 Å². The molecule has 2 aromatic carbocycles. The standard InChI is InChI=1S/C19H14ClN3O3S/c1-2-25-13-7-8-14-16(9-13)27-19(23-14)21-10-15-18(24)26-17(22-15)11-3-5-12(20)6-4-11/h3-10,24H,2H2,1H3/b21-10+. The Morgan fingerprint density at radius 3 is 2.81 bits per heavy atom. The molecule has 0 bridgehead atoms. The Balaban J connectivity index is 1.59. The van der Waals surface area contributed by atoms with Gasteiger partial charge in [-0.05, 0) is 49.4 Å². The summed E-state index contributed by atoms with van der Waals surface area (Å²) in [6.45, 7) is 2.55. The second-order valence-corrected chi connectivity index (χ2v) is 6.98. The van der Waals surface area contributed by atoms with Crippen molar-refractivity contribution >= 4 is 44.5 Å². The van der Waals surface area contributed by atoms with E-state index in [2.05, 4.69) is 15.0 Å². The van der Waals surface area contributed by atoms with Gasteiger partial charge in [0.15, 0.2) is 5.69 Å². The van der Waals surface area contributed by atoms with Crippen LogP contribution >= 0.6 is 22.9 Å². The zero-order chi connectivity index (χ0) is 18.8. The van der Waals surface area contributed by atoms with E-state index in [1.54, 1.807) is 24.3 Å². The second kappa shape index (κ2) is 7.38. The number of rotatable bonds is 5. The van der Waals surface area contributed by atoms with Crippen molar-refractivity contribution in [2.75, 3.05) is 6.61 Å². The molecule has 2 heterocycles. The summed E-state index contributed by atoms with van der Waals surface area (Å²) in [5, 5.41) is 11.1. The molecule has 4 aromatic rings. The summed E-state index contributed by atoms with van der Waals surface area (Å²) in [6, 6.07) is 12.7. The number of aromatic hydroxyl groups is 1. The summed E-state index contributed by atoms with van der Waals surface area (Å²) in [6.07, 6.45) is 1.43. The van der Waals surface area contributed by atoms with Gasteiger partial charge < -0.3 is 14.3 Å². The highest BCUT2D eigenvalue weighted by atomic mass is 35.5. The van der Waals surface area contributed by atoms with Crippen molar-refractivity contribution in [2.45, 2.75) is 6.92 Å². The smallest absolute Gasteiger partial charge is 0.312 e. The molecule has 0 fully saturated rings. The first-order chi connectivity index (χ1) is 13.1. The van der Waals surface area contributed by atoms with Crippen LogP contribution in [-0.2, 0) is 0 Å². The van der Waals surface area contributed by atoms with Gasteiger partial charge in [0.2, 0.25) is 11.0 Å². The minimum Gasteiger partial charge on any atom is -0.494 e. The first-order valence-electron chi connectivity index (χ1n) is 8.15. The molecule has 8 heteroatoms. The van der Waals surface area contributed by atoms with Crippen LogP contribution in [0.15, 0.2) is 51.9 Å². The van der Waals surface area contributed by atoms with Crippen molar-refractivity contribution in [3.05, 3.63) is 53.2 Å². The van der Waals surface area contributed by atoms with E-state index in [0.717, 1.165) is 16.0 Å². The average molecular weight is 400 g/mol. The van der Waals surface area contributed by atoms with Crippen LogP contribution in [0.1, 0.15) is 12.6 Å². The predicted molar refractivity (Wildman–Crippen MR) is 107 cm³/mol. The summed E-state index contributed by atoms with van der Waals surface area (Å²) in [5.74, 6) is 0.783. The summed E-state index contributed by atoms with van der Waals surface area (Å²) < 4.78 is 11.8. The number of oxazole rings is 1. The van der Waals surface area contributed by atoms with Crippen molar-refractivity contribution in [3.8, 4) is 23.1 Å². The number of aromatic nitrogens is 2. The van der Waals surface area contributed by atoms with Crippen molar-refractivity contribution < 1.29 is 14.3 Å². The molecule has 0 amide bonds. The van der Waals surface area contributed by atoms with Crippen LogP contribution < -0.4 is 4.74 Å². The molecule has 27 heavy (non-hydrogen) atoms. The van der Waals surface area contributed by atoms with Gasteiger partial charge in [-0.25, -0.2) is 15.0 Å². The van der Waals surface area contributed by atoms with E-state index in [9.17, 15) is 5.11 Å². The average Bonchev–Trinajstić information content (AvgIpc) is 3.23. The van der Waals surface area contributed by atoms with Crippen LogP contribution in [0, 0.1) is 0 Å². The Labute approximate surface area is 163 Å². The van der Waals surface area contributed by atoms with E-state index >= 15 is 0 Å². The van der Waals surface area contributed by atoms with E-state index in [-0.39, 0.29) is 17.5 Å². The van der Waals surface area contributed by atoms with Gasteiger partial charge in [0.25, 0.3) is 0 Å². The van der Waals surface area contributed by atoms with Gasteiger partial charge in [0.05, 0.1) is 23.0 Å². The molecule has 0 unspecified atom stereocenters. The maximum absolute atomic E-state index is 9.98. The van der Waals surface area contributed by atoms with Gasteiger partial charge in [-0.2, -0.15) is 0 Å². The Kier molecular flexibility index (Phi) is 4.79. The number of nitrogens with zero attached hydrogens (tertiary/aromatic N) is 3. The minimum absolute atomic E-state index is 0.231. The highest BCUT2D eigenvalue weighted by molar-refractivity contribution is 7.22. The molecule has 0 aliphatic heterocycles. The number of hydrogen-bond donors (Lipinski definition) is 1. The van der Waals surface area contributed by atoms with Crippen molar-refractivity contribution in [3.63, 3.8) is 0 Å². The summed E-state index contributed by atoms with van der Waals surface area (Å²) in [5.41, 5.74) is 1.77. The Hall–Kier alpha value is -2.90. The Morgan fingerprint density at radius 2 is 2.04 bits per heavy atom. The van der Waals surface area contributed by atoms with Crippen LogP contribution in [-0.4, -0.2) is 27.9 Å². The van der Waals surface area contributed by atoms with Crippen LogP contribution in [0.4, 0.5) is 5.13 Å². The fourth-order valence-corrected chi connectivity index (χ4v) is 3.41. The van der Waals surface area contributed by atoms with Crippen molar-refractivity contribution in [1.82, 2.24) is 9.97 Å². The van der Waals surface area contributed by atoms with E-state index in [0.29, 0.717) is 22.3 Å². The fraction of sp³-hybridized carbons (Fsp3) is 0.105. The molecule has 0 radical (unpaired) electrons. The lowest BCUT2D eigenvalue weighted by Gasteiger charge is -2.00. The third kappa shape index (κ3) is 3.79. The Bertz CT molecular complexity index is 1120. The molecule has 0 aliphatic carbocycles. The topological polar surface area (TPSA) is 80.7 Å². The predicted octanol–water partition coefficient (Wildman–Crippen LogP) is 5.46. The Morgan fingerprint density at radius 1 is 1.22 bits per heavy atom. The molecule has 0 spiro atoms. The van der Waals surface area contributed by atoms with E-state index in [1.807, 2.05) is 25.1 Å². The number of thiazole rings is 1. The zero-order valence-corrected chi connectivity index (χ0v) is 15.8. The van der Waals surface area contributed by atoms with E-state index < -0.39 is 0 Å². The SMILES string of the molecule is CCOc1ccc2nc(/N=C/c3nc(-c4ccc(Cl)cc4)oc3O)sc2c1. The summed E-state index contributed by atoms with van der Waals surface area (Å²) >= 11 is 7.30. The lowest BCUT2D eigenvalue weighted by Crippen LogP contribution is -1.89. The number of fused-ring (bicyclic) bond motifs is 1. The largest absolute Gasteiger partial charge is 0.494 e. The van der Waals surface area contributed by atoms with Crippen LogP contribution in [0.25, 0.3) is 21.7 Å². The quantitative estimate of drug-likeness (QED) is 0.450. The van der Waals surface area contributed by atoms with Crippen LogP contribution in [0.5, 0.6) is 11.7 Å². The number of benzene rings is 2. The number of halogens is 1. The maximum Gasteiger partial charge on any atom is 0.312 e. The normalized spacial score (nSPS) is 11.5. The van der Waals surface area contributed by atoms with Crippen molar-refractivity contribution in [1.29, 1.82) is 0 Å². The molecular formula is C19H14ClN3O3S. The molecule has 0 aliphatic rings. The van der Waals surface area contributed by atoms with Gasteiger partial charge in [0.1, 0.15) is 5.75 Å². The molecule has 1 N–H and O–H groups in total. The molecule has 2 aromatic heterocycles. The second-order valence-electron chi connectivity index (χ2n) is 5.53. The summed E-state index contributed by atoms with van der Waals surface area (Å²) in [4.78, 5) is 13.0. The first-order valence-corrected chi connectivity index (χ1v) is 9.35. The molecule has 0 saturated carbocycles. The van der Waals surface area contributed by atoms with Crippen LogP contribution in [0.3, 0.4) is 0 Å². The fourth-order valence-electron chi connectivity index (χ4n) is 2.44. The van der Waals surface area contributed by atoms with Crippen LogP contribution in [0.2, 0.25) is 5.02 Å². The summed E-state index contributed by atoms with van der Waals surface area (Å²) in [7, 11) is 0. The van der Waals surface area contributed by atoms with Gasteiger partial charge in [0, 0.05) is 10.6 Å². The monoisotopic (exact) mass is 399 g/mol. The molecule has 136 valence electrons. The number of ether oxygens (including phenoxy) is 1. The molecule has 0 saturated heterocycles. The zero-order valence-electron chi connectivity index (χ0n) is 14.2. The third-order valence-electron chi connectivity index (χ3n) is 3.68. The lowest BCUT2D eigenvalue weighted by molar-refractivity contribution is 0.337. The van der Waals surface area contributed by atoms with E-state index in [1.165, 1.54) is 17.6 Å². The number of aliphatic imine (C=N–C) groups is 1. The molecule has 0 atom stereocenters. The molecular weight excluding hydrogens is 386 g/mol. The van der Waals surface area contributed by atoms with Gasteiger partial charge in [-0.3, -0.25) is 0 Å². The van der Waals surface area contributed by atoms with Crippen molar-refractivity contribution in [2.24, 2.45) is 4.99 Å².